The van der Waals surface area contributed by atoms with Crippen LogP contribution in [0.1, 0.15) is 20.8 Å². The summed E-state index contributed by atoms with van der Waals surface area (Å²) in [7, 11) is -3.14. The van der Waals surface area contributed by atoms with Gasteiger partial charge in [0, 0.05) is 32.2 Å². The zero-order valence-corrected chi connectivity index (χ0v) is 11.4. The summed E-state index contributed by atoms with van der Waals surface area (Å²) in [6.07, 6.45) is 1.20. The summed E-state index contributed by atoms with van der Waals surface area (Å²) in [5.41, 5.74) is 0. The fourth-order valence-electron chi connectivity index (χ4n) is 1.54. The van der Waals surface area contributed by atoms with E-state index in [4.69, 9.17) is 0 Å². The first-order chi connectivity index (χ1) is 7.32. The quantitative estimate of drug-likeness (QED) is 0.647. The van der Waals surface area contributed by atoms with E-state index < -0.39 is 16.7 Å². The maximum absolute atomic E-state index is 12.3. The molecule has 0 saturated carbocycles. The van der Waals surface area contributed by atoms with Crippen molar-refractivity contribution in [3.05, 3.63) is 0 Å². The van der Waals surface area contributed by atoms with Gasteiger partial charge in [0.25, 0.3) is 0 Å². The molecule has 0 aromatic heterocycles. The first kappa shape index (κ1) is 15.8. The molecule has 0 atom stereocenters. The molecule has 0 bridgehead atoms. The lowest BCUT2D eigenvalue weighted by Crippen LogP contribution is -2.41. The summed E-state index contributed by atoms with van der Waals surface area (Å²) in [4.78, 5) is 1.94. The van der Waals surface area contributed by atoms with Crippen LogP contribution in [0.2, 0.25) is 0 Å². The van der Waals surface area contributed by atoms with Crippen molar-refractivity contribution in [1.82, 2.24) is 9.21 Å². The predicted octanol–water partition coefficient (Wildman–Crippen LogP) is 0.948. The first-order valence-electron chi connectivity index (χ1n) is 5.58. The highest BCUT2D eigenvalue weighted by Crippen LogP contribution is 2.02. The number of likely N-dealkylation sites (N-methyl/N-ethyl adjacent to an activating group) is 1. The summed E-state index contributed by atoms with van der Waals surface area (Å²) in [5.74, 6) is 0. The van der Waals surface area contributed by atoms with E-state index in [0.29, 0.717) is 26.2 Å². The van der Waals surface area contributed by atoms with Gasteiger partial charge in [-0.25, -0.2) is 17.1 Å². The van der Waals surface area contributed by atoms with Gasteiger partial charge in [0.15, 0.2) is 0 Å². The Hall–Kier alpha value is -0.200. The molecule has 0 aromatic carbocycles. The Morgan fingerprint density at radius 3 is 2.06 bits per heavy atom. The van der Waals surface area contributed by atoms with E-state index in [1.165, 1.54) is 10.6 Å². The maximum atomic E-state index is 12.3. The number of alkyl halides is 1. The van der Waals surface area contributed by atoms with Gasteiger partial charge < -0.3 is 0 Å². The number of hydrogen-bond acceptors (Lipinski definition) is 3. The summed E-state index contributed by atoms with van der Waals surface area (Å²) < 4.78 is 36.3. The van der Waals surface area contributed by atoms with E-state index in [9.17, 15) is 12.8 Å². The molecule has 0 radical (unpaired) electrons. The molecule has 0 fully saturated rings. The number of sulfonamides is 1. The Morgan fingerprint density at radius 1 is 1.19 bits per heavy atom. The molecule has 98 valence electrons. The van der Waals surface area contributed by atoms with Gasteiger partial charge in [0.05, 0.1) is 6.26 Å². The first-order valence-corrected chi connectivity index (χ1v) is 7.42. The van der Waals surface area contributed by atoms with E-state index in [2.05, 4.69) is 0 Å². The van der Waals surface area contributed by atoms with E-state index in [1.54, 1.807) is 6.92 Å². The standard InChI is InChI=1S/C10H23FN2O2S/c1-5-13(16(4,14)15)9-8-12(7-6-11)10(2)3/h10H,5-9H2,1-4H3. The van der Waals surface area contributed by atoms with E-state index >= 15 is 0 Å². The summed E-state index contributed by atoms with van der Waals surface area (Å²) in [6.45, 7) is 7.17. The number of hydrogen-bond donors (Lipinski definition) is 0. The van der Waals surface area contributed by atoms with Crippen LogP contribution >= 0.6 is 0 Å². The average Bonchev–Trinajstić information content (AvgIpc) is 2.14. The Labute approximate surface area is 98.5 Å². The van der Waals surface area contributed by atoms with Crippen LogP contribution in [0.3, 0.4) is 0 Å². The fraction of sp³-hybridized carbons (Fsp3) is 1.00. The molecule has 0 rings (SSSR count). The van der Waals surface area contributed by atoms with Crippen LogP contribution in [0.25, 0.3) is 0 Å². The molecule has 0 unspecified atom stereocenters. The third kappa shape index (κ3) is 5.77. The molecule has 4 nitrogen and oxygen atoms in total. The third-order valence-electron chi connectivity index (χ3n) is 2.56. The van der Waals surface area contributed by atoms with Crippen molar-refractivity contribution in [2.24, 2.45) is 0 Å². The molecule has 0 aliphatic heterocycles. The van der Waals surface area contributed by atoms with Crippen molar-refractivity contribution < 1.29 is 12.8 Å². The van der Waals surface area contributed by atoms with Crippen molar-refractivity contribution >= 4 is 10.0 Å². The smallest absolute Gasteiger partial charge is 0.211 e. The van der Waals surface area contributed by atoms with E-state index in [-0.39, 0.29) is 6.04 Å². The Bertz CT molecular complexity index is 281. The average molecular weight is 254 g/mol. The second-order valence-electron chi connectivity index (χ2n) is 4.07. The minimum absolute atomic E-state index is 0.231. The molecular weight excluding hydrogens is 231 g/mol. The lowest BCUT2D eigenvalue weighted by Gasteiger charge is -2.28. The van der Waals surface area contributed by atoms with Crippen molar-refractivity contribution in [2.45, 2.75) is 26.8 Å². The van der Waals surface area contributed by atoms with Crippen LogP contribution in [0.5, 0.6) is 0 Å². The van der Waals surface area contributed by atoms with Crippen LogP contribution in [-0.2, 0) is 10.0 Å². The lowest BCUT2D eigenvalue weighted by molar-refractivity contribution is 0.191. The van der Waals surface area contributed by atoms with Crippen LogP contribution in [0.15, 0.2) is 0 Å². The molecular formula is C10H23FN2O2S. The third-order valence-corrected chi connectivity index (χ3v) is 3.94. The van der Waals surface area contributed by atoms with Gasteiger partial charge >= 0.3 is 0 Å². The van der Waals surface area contributed by atoms with Gasteiger partial charge in [-0.2, -0.15) is 0 Å². The second-order valence-corrected chi connectivity index (χ2v) is 6.06. The number of halogens is 1. The maximum Gasteiger partial charge on any atom is 0.211 e. The highest BCUT2D eigenvalue weighted by molar-refractivity contribution is 7.88. The molecule has 0 aliphatic rings. The van der Waals surface area contributed by atoms with Crippen LogP contribution in [0.4, 0.5) is 4.39 Å². The Morgan fingerprint density at radius 2 is 1.75 bits per heavy atom. The molecule has 0 heterocycles. The van der Waals surface area contributed by atoms with E-state index in [1.807, 2.05) is 18.7 Å². The van der Waals surface area contributed by atoms with Crippen molar-refractivity contribution in [3.8, 4) is 0 Å². The Balaban J connectivity index is 4.28. The molecule has 0 aliphatic carbocycles. The number of nitrogens with zero attached hydrogens (tertiary/aromatic N) is 2. The SMILES string of the molecule is CCN(CCN(CCF)C(C)C)S(C)(=O)=O. The zero-order valence-electron chi connectivity index (χ0n) is 10.6. The highest BCUT2D eigenvalue weighted by atomic mass is 32.2. The molecule has 0 N–H and O–H groups in total. The van der Waals surface area contributed by atoms with Crippen molar-refractivity contribution in [2.75, 3.05) is 39.1 Å². The fourth-order valence-corrected chi connectivity index (χ4v) is 2.42. The minimum Gasteiger partial charge on any atom is -0.297 e. The molecule has 16 heavy (non-hydrogen) atoms. The summed E-state index contributed by atoms with van der Waals surface area (Å²) in [5, 5.41) is 0. The molecule has 0 spiro atoms. The van der Waals surface area contributed by atoms with Crippen molar-refractivity contribution in [1.29, 1.82) is 0 Å². The normalized spacial score (nSPS) is 13.0. The van der Waals surface area contributed by atoms with Gasteiger partial charge in [-0.3, -0.25) is 4.90 Å². The topological polar surface area (TPSA) is 40.6 Å². The monoisotopic (exact) mass is 254 g/mol. The van der Waals surface area contributed by atoms with Crippen LogP contribution in [-0.4, -0.2) is 62.8 Å². The highest BCUT2D eigenvalue weighted by Gasteiger charge is 2.16. The molecule has 0 aromatic rings. The minimum atomic E-state index is -3.14. The van der Waals surface area contributed by atoms with Crippen LogP contribution in [0, 0.1) is 0 Å². The predicted molar refractivity (Wildman–Crippen MR) is 64.8 cm³/mol. The lowest BCUT2D eigenvalue weighted by atomic mass is 10.3. The van der Waals surface area contributed by atoms with Gasteiger partial charge in [-0.1, -0.05) is 6.92 Å². The van der Waals surface area contributed by atoms with Crippen LogP contribution < -0.4 is 0 Å². The summed E-state index contributed by atoms with van der Waals surface area (Å²) >= 11 is 0. The molecule has 6 heteroatoms. The Kier molecular flexibility index (Phi) is 7.10. The molecule has 0 saturated heterocycles. The van der Waals surface area contributed by atoms with Crippen molar-refractivity contribution in [3.63, 3.8) is 0 Å². The van der Waals surface area contributed by atoms with Gasteiger partial charge in [0.2, 0.25) is 10.0 Å². The second kappa shape index (κ2) is 7.19. The largest absolute Gasteiger partial charge is 0.297 e. The van der Waals surface area contributed by atoms with Gasteiger partial charge in [-0.15, -0.1) is 0 Å². The summed E-state index contributed by atoms with van der Waals surface area (Å²) in [6, 6.07) is 0.231. The van der Waals surface area contributed by atoms with Gasteiger partial charge in [0.1, 0.15) is 6.67 Å². The number of rotatable bonds is 8. The zero-order chi connectivity index (χ0) is 12.8. The van der Waals surface area contributed by atoms with E-state index in [0.717, 1.165) is 0 Å². The van der Waals surface area contributed by atoms with Gasteiger partial charge in [-0.05, 0) is 13.8 Å². The molecule has 0 amide bonds.